The number of anilines is 1. The molecule has 25 heavy (non-hydrogen) atoms. The fourth-order valence-electron chi connectivity index (χ4n) is 2.15. The Hall–Kier alpha value is -2.47. The quantitative estimate of drug-likeness (QED) is 0.783. The van der Waals surface area contributed by atoms with Crippen LogP contribution < -0.4 is 10.1 Å². The standard InChI is InChI=1S/C18H18ClFN2O3/c1-3-12(24)6-7-15-17(5-4-8-21-15)25-18-10-16(22-11(2)23)14(20)9-13(18)19/h4-5,8-10H,3,6-7H2,1-2H3,(H,22,23). The van der Waals surface area contributed by atoms with Crippen molar-refractivity contribution in [2.45, 2.75) is 33.1 Å². The third-order valence-corrected chi connectivity index (χ3v) is 3.73. The number of ketones is 1. The van der Waals surface area contributed by atoms with Gasteiger partial charge in [0, 0.05) is 38.4 Å². The predicted octanol–water partition coefficient (Wildman–Crippen LogP) is 4.54. The van der Waals surface area contributed by atoms with E-state index in [9.17, 15) is 14.0 Å². The van der Waals surface area contributed by atoms with Gasteiger partial charge in [-0.3, -0.25) is 14.6 Å². The van der Waals surface area contributed by atoms with Crippen molar-refractivity contribution in [1.29, 1.82) is 0 Å². The number of pyridine rings is 1. The van der Waals surface area contributed by atoms with Gasteiger partial charge < -0.3 is 10.1 Å². The molecule has 0 fully saturated rings. The number of carbonyl (C=O) groups excluding carboxylic acids is 2. The van der Waals surface area contributed by atoms with Gasteiger partial charge in [-0.15, -0.1) is 0 Å². The molecule has 0 aliphatic heterocycles. The van der Waals surface area contributed by atoms with Crippen LogP contribution in [0.1, 0.15) is 32.4 Å². The van der Waals surface area contributed by atoms with Gasteiger partial charge in [0.15, 0.2) is 0 Å². The topological polar surface area (TPSA) is 68.3 Å². The normalized spacial score (nSPS) is 10.4. The molecule has 0 spiro atoms. The second-order valence-corrected chi connectivity index (χ2v) is 5.79. The van der Waals surface area contributed by atoms with Crippen LogP contribution in [0.5, 0.6) is 11.5 Å². The Balaban J connectivity index is 2.27. The van der Waals surface area contributed by atoms with Crippen LogP contribution >= 0.6 is 11.6 Å². The SMILES string of the molecule is CCC(=O)CCc1ncccc1Oc1cc(NC(C)=O)c(F)cc1Cl. The Morgan fingerprint density at radius 3 is 2.76 bits per heavy atom. The van der Waals surface area contributed by atoms with Gasteiger partial charge in [-0.25, -0.2) is 4.39 Å². The van der Waals surface area contributed by atoms with E-state index in [4.69, 9.17) is 16.3 Å². The summed E-state index contributed by atoms with van der Waals surface area (Å²) in [5.41, 5.74) is 0.573. The number of aryl methyl sites for hydroxylation is 1. The average molecular weight is 365 g/mol. The Morgan fingerprint density at radius 1 is 1.32 bits per heavy atom. The summed E-state index contributed by atoms with van der Waals surface area (Å²) in [7, 11) is 0. The van der Waals surface area contributed by atoms with Crippen molar-refractivity contribution in [1.82, 2.24) is 4.98 Å². The number of rotatable bonds is 7. The molecule has 5 nitrogen and oxygen atoms in total. The third-order valence-electron chi connectivity index (χ3n) is 3.44. The second-order valence-electron chi connectivity index (χ2n) is 5.39. The molecule has 7 heteroatoms. The molecule has 0 atom stereocenters. The van der Waals surface area contributed by atoms with Crippen LogP contribution in [-0.4, -0.2) is 16.7 Å². The molecule has 1 heterocycles. The zero-order valence-electron chi connectivity index (χ0n) is 13.9. The lowest BCUT2D eigenvalue weighted by molar-refractivity contribution is -0.118. The smallest absolute Gasteiger partial charge is 0.221 e. The molecule has 0 aliphatic carbocycles. The number of nitrogens with one attached hydrogen (secondary N) is 1. The summed E-state index contributed by atoms with van der Waals surface area (Å²) >= 11 is 6.04. The summed E-state index contributed by atoms with van der Waals surface area (Å²) in [6, 6.07) is 5.76. The minimum absolute atomic E-state index is 0.0292. The van der Waals surface area contributed by atoms with Gasteiger partial charge in [0.2, 0.25) is 5.91 Å². The molecule has 0 radical (unpaired) electrons. The van der Waals surface area contributed by atoms with Crippen molar-refractivity contribution < 1.29 is 18.7 Å². The van der Waals surface area contributed by atoms with E-state index in [1.807, 2.05) is 0 Å². The monoisotopic (exact) mass is 364 g/mol. The number of nitrogens with zero attached hydrogens (tertiary/aromatic N) is 1. The lowest BCUT2D eigenvalue weighted by atomic mass is 10.1. The average Bonchev–Trinajstić information content (AvgIpc) is 2.57. The first-order valence-electron chi connectivity index (χ1n) is 7.80. The number of Topliss-reactive ketones (excluding diaryl/α,β-unsaturated/α-hetero) is 1. The molecule has 1 amide bonds. The van der Waals surface area contributed by atoms with E-state index in [2.05, 4.69) is 10.3 Å². The maximum Gasteiger partial charge on any atom is 0.221 e. The van der Waals surface area contributed by atoms with E-state index in [0.717, 1.165) is 6.07 Å². The molecule has 1 N–H and O–H groups in total. The Kier molecular flexibility index (Phi) is 6.47. The zero-order chi connectivity index (χ0) is 18.4. The summed E-state index contributed by atoms with van der Waals surface area (Å²) in [5.74, 6) is -0.333. The van der Waals surface area contributed by atoms with E-state index in [0.29, 0.717) is 30.7 Å². The molecule has 1 aromatic heterocycles. The lowest BCUT2D eigenvalue weighted by Gasteiger charge is -2.13. The van der Waals surface area contributed by atoms with Gasteiger partial charge in [0.1, 0.15) is 23.1 Å². The van der Waals surface area contributed by atoms with Gasteiger partial charge in [0.25, 0.3) is 0 Å². The maximum absolute atomic E-state index is 13.9. The Bertz CT molecular complexity index is 796. The van der Waals surface area contributed by atoms with Crippen molar-refractivity contribution in [2.24, 2.45) is 0 Å². The molecule has 0 saturated heterocycles. The number of amides is 1. The molecule has 2 aromatic rings. The molecule has 0 bridgehead atoms. The minimum Gasteiger partial charge on any atom is -0.454 e. The number of halogens is 2. The number of hydrogen-bond acceptors (Lipinski definition) is 4. The van der Waals surface area contributed by atoms with E-state index < -0.39 is 11.7 Å². The molecular formula is C18H18ClFN2O3. The molecule has 2 rings (SSSR count). The van der Waals surface area contributed by atoms with Crippen molar-refractivity contribution in [2.75, 3.05) is 5.32 Å². The molecule has 132 valence electrons. The van der Waals surface area contributed by atoms with E-state index in [-0.39, 0.29) is 22.2 Å². The molecular weight excluding hydrogens is 347 g/mol. The van der Waals surface area contributed by atoms with Gasteiger partial charge in [0.05, 0.1) is 16.4 Å². The van der Waals surface area contributed by atoms with E-state index >= 15 is 0 Å². The highest BCUT2D eigenvalue weighted by Crippen LogP contribution is 2.35. The molecule has 0 aliphatic rings. The van der Waals surface area contributed by atoms with E-state index in [1.54, 1.807) is 25.3 Å². The van der Waals surface area contributed by atoms with Crippen LogP contribution in [0.15, 0.2) is 30.5 Å². The lowest BCUT2D eigenvalue weighted by Crippen LogP contribution is -2.08. The van der Waals surface area contributed by atoms with Crippen LogP contribution in [0.2, 0.25) is 5.02 Å². The first kappa shape index (κ1) is 18.9. The van der Waals surface area contributed by atoms with Gasteiger partial charge in [-0.1, -0.05) is 18.5 Å². The van der Waals surface area contributed by atoms with E-state index in [1.165, 1.54) is 13.0 Å². The minimum atomic E-state index is -0.660. The van der Waals surface area contributed by atoms with Crippen LogP contribution in [-0.2, 0) is 16.0 Å². The van der Waals surface area contributed by atoms with Gasteiger partial charge >= 0.3 is 0 Å². The van der Waals surface area contributed by atoms with Crippen LogP contribution in [0.3, 0.4) is 0 Å². The largest absolute Gasteiger partial charge is 0.454 e. The van der Waals surface area contributed by atoms with Crippen molar-refractivity contribution in [3.8, 4) is 11.5 Å². The molecule has 0 unspecified atom stereocenters. The second kappa shape index (κ2) is 8.58. The van der Waals surface area contributed by atoms with Crippen LogP contribution in [0, 0.1) is 5.82 Å². The summed E-state index contributed by atoms with van der Waals surface area (Å²) in [6.45, 7) is 3.08. The van der Waals surface area contributed by atoms with Gasteiger partial charge in [-0.2, -0.15) is 0 Å². The van der Waals surface area contributed by atoms with Crippen molar-refractivity contribution >= 4 is 29.0 Å². The number of ether oxygens (including phenoxy) is 1. The maximum atomic E-state index is 13.9. The van der Waals surface area contributed by atoms with Crippen molar-refractivity contribution in [3.05, 3.63) is 47.0 Å². The highest BCUT2D eigenvalue weighted by Gasteiger charge is 2.14. The third kappa shape index (κ3) is 5.26. The fourth-order valence-corrected chi connectivity index (χ4v) is 2.34. The van der Waals surface area contributed by atoms with Crippen LogP contribution in [0.25, 0.3) is 0 Å². The highest BCUT2D eigenvalue weighted by molar-refractivity contribution is 6.32. The zero-order valence-corrected chi connectivity index (χ0v) is 14.7. The summed E-state index contributed by atoms with van der Waals surface area (Å²) in [4.78, 5) is 26.9. The Labute approximate surface area is 150 Å². The first-order valence-corrected chi connectivity index (χ1v) is 8.18. The van der Waals surface area contributed by atoms with Gasteiger partial charge in [-0.05, 0) is 18.2 Å². The Morgan fingerprint density at radius 2 is 2.08 bits per heavy atom. The molecule has 0 saturated carbocycles. The highest BCUT2D eigenvalue weighted by atomic mass is 35.5. The number of hydrogen-bond donors (Lipinski definition) is 1. The number of benzene rings is 1. The fraction of sp³-hybridized carbons (Fsp3) is 0.278. The summed E-state index contributed by atoms with van der Waals surface area (Å²) in [5, 5.41) is 2.44. The summed E-state index contributed by atoms with van der Waals surface area (Å²) in [6.07, 6.45) is 2.86. The summed E-state index contributed by atoms with van der Waals surface area (Å²) < 4.78 is 19.6. The first-order chi connectivity index (χ1) is 11.9. The molecule has 1 aromatic carbocycles. The van der Waals surface area contributed by atoms with Crippen molar-refractivity contribution in [3.63, 3.8) is 0 Å². The number of aromatic nitrogens is 1. The number of carbonyl (C=O) groups is 2. The van der Waals surface area contributed by atoms with Crippen LogP contribution in [0.4, 0.5) is 10.1 Å². The predicted molar refractivity (Wildman–Crippen MR) is 93.6 cm³/mol.